The number of carbonyl (C=O) groups excluding carboxylic acids is 2. The quantitative estimate of drug-likeness (QED) is 0.680. The SMILES string of the molecule is N[C@@H]1CCCC[C@H]1C(=O)N1CCC(CC(=O)Nc2ccc(S(=O)(=O)C(F)(F)F)cc2)CC1. The highest BCUT2D eigenvalue weighted by atomic mass is 32.2. The monoisotopic (exact) mass is 475 g/mol. The molecular weight excluding hydrogens is 447 g/mol. The molecule has 3 N–H and O–H groups in total. The fourth-order valence-electron chi connectivity index (χ4n) is 4.38. The molecule has 0 aromatic heterocycles. The van der Waals surface area contributed by atoms with Crippen molar-refractivity contribution >= 4 is 27.3 Å². The number of carbonyl (C=O) groups is 2. The van der Waals surface area contributed by atoms with E-state index in [0.29, 0.717) is 25.9 Å². The van der Waals surface area contributed by atoms with Gasteiger partial charge in [0.05, 0.1) is 10.8 Å². The Balaban J connectivity index is 1.48. The summed E-state index contributed by atoms with van der Waals surface area (Å²) in [6, 6.07) is 3.81. The van der Waals surface area contributed by atoms with Crippen molar-refractivity contribution in [3.05, 3.63) is 24.3 Å². The Morgan fingerprint density at radius 3 is 2.19 bits per heavy atom. The number of anilines is 1. The number of nitrogens with one attached hydrogen (secondary N) is 1. The van der Waals surface area contributed by atoms with Gasteiger partial charge in [-0.2, -0.15) is 13.2 Å². The number of hydrogen-bond donors (Lipinski definition) is 2. The first-order chi connectivity index (χ1) is 15.0. The second-order valence-electron chi connectivity index (χ2n) is 8.55. The number of likely N-dealkylation sites (tertiary alicyclic amines) is 1. The normalized spacial score (nSPS) is 23.1. The molecule has 1 saturated carbocycles. The van der Waals surface area contributed by atoms with E-state index in [-0.39, 0.29) is 41.8 Å². The third kappa shape index (κ3) is 5.61. The Morgan fingerprint density at radius 2 is 1.62 bits per heavy atom. The summed E-state index contributed by atoms with van der Waals surface area (Å²) in [7, 11) is -5.42. The summed E-state index contributed by atoms with van der Waals surface area (Å²) in [5, 5.41) is 2.59. The Labute approximate surface area is 185 Å². The van der Waals surface area contributed by atoms with Crippen molar-refractivity contribution in [2.75, 3.05) is 18.4 Å². The Hall–Kier alpha value is -2.14. The van der Waals surface area contributed by atoms with Crippen molar-refractivity contribution in [3.63, 3.8) is 0 Å². The van der Waals surface area contributed by atoms with Crippen molar-refractivity contribution in [1.29, 1.82) is 0 Å². The lowest BCUT2D eigenvalue weighted by Gasteiger charge is -2.37. The van der Waals surface area contributed by atoms with Gasteiger partial charge in [0.1, 0.15) is 0 Å². The highest BCUT2D eigenvalue weighted by Crippen LogP contribution is 2.31. The van der Waals surface area contributed by atoms with Crippen molar-refractivity contribution in [2.45, 2.75) is 61.4 Å². The fraction of sp³-hybridized carbons (Fsp3) is 0.619. The predicted octanol–water partition coefficient (Wildman–Crippen LogP) is 3.06. The van der Waals surface area contributed by atoms with E-state index in [1.807, 2.05) is 4.90 Å². The predicted molar refractivity (Wildman–Crippen MR) is 112 cm³/mol. The number of nitrogens with two attached hydrogens (primary N) is 1. The number of piperidine rings is 1. The van der Waals surface area contributed by atoms with Gasteiger partial charge in [-0.15, -0.1) is 0 Å². The molecule has 2 amide bonds. The zero-order chi connectivity index (χ0) is 23.5. The number of nitrogens with zero attached hydrogens (tertiary/aromatic N) is 1. The van der Waals surface area contributed by atoms with Crippen molar-refractivity contribution < 1.29 is 31.2 Å². The molecule has 2 fully saturated rings. The van der Waals surface area contributed by atoms with Crippen LogP contribution in [0.15, 0.2) is 29.2 Å². The molecule has 1 saturated heterocycles. The van der Waals surface area contributed by atoms with E-state index >= 15 is 0 Å². The van der Waals surface area contributed by atoms with Gasteiger partial charge in [0, 0.05) is 31.2 Å². The zero-order valence-electron chi connectivity index (χ0n) is 17.6. The molecule has 3 rings (SSSR count). The summed E-state index contributed by atoms with van der Waals surface area (Å²) >= 11 is 0. The van der Waals surface area contributed by atoms with Gasteiger partial charge >= 0.3 is 5.51 Å². The lowest BCUT2D eigenvalue weighted by atomic mass is 9.83. The third-order valence-corrected chi connectivity index (χ3v) is 7.79. The summed E-state index contributed by atoms with van der Waals surface area (Å²) in [4.78, 5) is 26.0. The van der Waals surface area contributed by atoms with Crippen LogP contribution in [0.5, 0.6) is 0 Å². The van der Waals surface area contributed by atoms with E-state index in [0.717, 1.165) is 49.9 Å². The number of halogens is 3. The molecule has 0 unspecified atom stereocenters. The van der Waals surface area contributed by atoms with Gasteiger partial charge in [-0.3, -0.25) is 9.59 Å². The van der Waals surface area contributed by atoms with Crippen LogP contribution in [0.3, 0.4) is 0 Å². The van der Waals surface area contributed by atoms with Gasteiger partial charge in [-0.1, -0.05) is 12.8 Å². The van der Waals surface area contributed by atoms with Gasteiger partial charge in [0.25, 0.3) is 9.84 Å². The molecule has 1 aromatic carbocycles. The minimum Gasteiger partial charge on any atom is -0.342 e. The third-order valence-electron chi connectivity index (χ3n) is 6.29. The van der Waals surface area contributed by atoms with Gasteiger partial charge in [0.2, 0.25) is 11.8 Å². The number of hydrogen-bond acceptors (Lipinski definition) is 5. The molecule has 11 heteroatoms. The average Bonchev–Trinajstić information content (AvgIpc) is 2.74. The van der Waals surface area contributed by atoms with Crippen LogP contribution in [-0.2, 0) is 19.4 Å². The number of benzene rings is 1. The number of sulfone groups is 1. The summed E-state index contributed by atoms with van der Waals surface area (Å²) in [5.74, 6) is -0.235. The van der Waals surface area contributed by atoms with E-state index in [4.69, 9.17) is 5.73 Å². The minimum atomic E-state index is -5.42. The van der Waals surface area contributed by atoms with Crippen LogP contribution in [0.2, 0.25) is 0 Å². The molecule has 0 radical (unpaired) electrons. The average molecular weight is 476 g/mol. The molecule has 1 aliphatic carbocycles. The summed E-state index contributed by atoms with van der Waals surface area (Å²) in [6.07, 6.45) is 5.36. The Bertz CT molecular complexity index is 927. The van der Waals surface area contributed by atoms with Gasteiger partial charge in [0.15, 0.2) is 0 Å². The molecular formula is C21H28F3N3O4S. The van der Waals surface area contributed by atoms with Crippen LogP contribution in [0.1, 0.15) is 44.9 Å². The molecule has 1 aliphatic heterocycles. The van der Waals surface area contributed by atoms with E-state index < -0.39 is 20.2 Å². The van der Waals surface area contributed by atoms with Gasteiger partial charge in [-0.25, -0.2) is 8.42 Å². The first kappa shape index (κ1) is 24.5. The maximum atomic E-state index is 12.7. The molecule has 7 nitrogen and oxygen atoms in total. The lowest BCUT2D eigenvalue weighted by molar-refractivity contribution is -0.138. The fourth-order valence-corrected chi connectivity index (χ4v) is 5.15. The molecule has 0 bridgehead atoms. The van der Waals surface area contributed by atoms with Crippen molar-refractivity contribution in [2.24, 2.45) is 17.6 Å². The van der Waals surface area contributed by atoms with Crippen molar-refractivity contribution in [3.8, 4) is 0 Å². The molecule has 1 aromatic rings. The van der Waals surface area contributed by atoms with Crippen LogP contribution >= 0.6 is 0 Å². The van der Waals surface area contributed by atoms with Crippen molar-refractivity contribution in [1.82, 2.24) is 4.90 Å². The Morgan fingerprint density at radius 1 is 1.03 bits per heavy atom. The van der Waals surface area contributed by atoms with Crippen LogP contribution in [-0.4, -0.2) is 49.8 Å². The standard InChI is InChI=1S/C21H28F3N3O4S/c22-21(23,24)32(30,31)16-7-5-15(6-8-16)26-19(28)13-14-9-11-27(12-10-14)20(29)17-3-1-2-4-18(17)25/h5-8,14,17-18H,1-4,9-13,25H2,(H,26,28)/t17-,18-/m1/s1. The maximum Gasteiger partial charge on any atom is 0.501 e. The number of amides is 2. The highest BCUT2D eigenvalue weighted by molar-refractivity contribution is 7.92. The zero-order valence-corrected chi connectivity index (χ0v) is 18.4. The molecule has 2 atom stereocenters. The first-order valence-electron chi connectivity index (χ1n) is 10.7. The van der Waals surface area contributed by atoms with E-state index in [1.54, 1.807) is 0 Å². The summed E-state index contributed by atoms with van der Waals surface area (Å²) in [5.41, 5.74) is 0.957. The van der Waals surface area contributed by atoms with Gasteiger partial charge in [-0.05, 0) is 55.9 Å². The second kappa shape index (κ2) is 9.78. The molecule has 1 heterocycles. The summed E-state index contributed by atoms with van der Waals surface area (Å²) < 4.78 is 60.6. The first-order valence-corrected chi connectivity index (χ1v) is 12.2. The van der Waals surface area contributed by atoms with Gasteiger partial charge < -0.3 is 16.0 Å². The number of rotatable bonds is 5. The van der Waals surface area contributed by atoms with Crippen LogP contribution < -0.4 is 11.1 Å². The molecule has 2 aliphatic rings. The maximum absolute atomic E-state index is 12.7. The summed E-state index contributed by atoms with van der Waals surface area (Å²) in [6.45, 7) is 1.15. The van der Waals surface area contributed by atoms with Crippen LogP contribution in [0, 0.1) is 11.8 Å². The van der Waals surface area contributed by atoms with E-state index in [2.05, 4.69) is 5.32 Å². The molecule has 32 heavy (non-hydrogen) atoms. The van der Waals surface area contributed by atoms with Crippen LogP contribution in [0.25, 0.3) is 0 Å². The highest BCUT2D eigenvalue weighted by Gasteiger charge is 2.46. The second-order valence-corrected chi connectivity index (χ2v) is 10.5. The molecule has 0 spiro atoms. The number of alkyl halides is 3. The molecule has 178 valence electrons. The topological polar surface area (TPSA) is 110 Å². The minimum absolute atomic E-state index is 0.0859. The smallest absolute Gasteiger partial charge is 0.342 e. The largest absolute Gasteiger partial charge is 0.501 e. The lowest BCUT2D eigenvalue weighted by Crippen LogP contribution is -2.48. The van der Waals surface area contributed by atoms with E-state index in [1.165, 1.54) is 0 Å². The van der Waals surface area contributed by atoms with Crippen LogP contribution in [0.4, 0.5) is 18.9 Å². The Kier molecular flexibility index (Phi) is 7.49. The van der Waals surface area contributed by atoms with E-state index in [9.17, 15) is 31.2 Å².